The van der Waals surface area contributed by atoms with E-state index in [4.69, 9.17) is 0 Å². The molecule has 0 saturated carbocycles. The average molecular weight is 310 g/mol. The van der Waals surface area contributed by atoms with Crippen LogP contribution in [0.15, 0.2) is 10.5 Å². The summed E-state index contributed by atoms with van der Waals surface area (Å²) in [4.78, 5) is 2.42. The van der Waals surface area contributed by atoms with Gasteiger partial charge in [0.25, 0.3) is 0 Å². The molecule has 0 aromatic heterocycles. The molecule has 1 atom stereocenters. The Morgan fingerprint density at radius 3 is 2.61 bits per heavy atom. The number of hydrogen-bond donors (Lipinski definition) is 1. The molecule has 98 valence electrons. The summed E-state index contributed by atoms with van der Waals surface area (Å²) in [5.41, 5.74) is 5.32. The largest absolute Gasteiger partial charge is 0.388 e. The van der Waals surface area contributed by atoms with Crippen molar-refractivity contribution in [1.29, 1.82) is 0 Å². The van der Waals surface area contributed by atoms with E-state index in [1.165, 1.54) is 39.6 Å². The molecule has 1 heterocycles. The lowest BCUT2D eigenvalue weighted by Gasteiger charge is -2.48. The van der Waals surface area contributed by atoms with Gasteiger partial charge in [0.15, 0.2) is 0 Å². The number of rotatable bonds is 1. The first-order valence-corrected chi connectivity index (χ1v) is 7.43. The van der Waals surface area contributed by atoms with Gasteiger partial charge in [-0.3, -0.25) is 4.90 Å². The van der Waals surface area contributed by atoms with Gasteiger partial charge in [-0.25, -0.2) is 0 Å². The maximum absolute atomic E-state index is 9.91. The SMILES string of the molecule is Cc1c(Br)cc2c(c1C)C(N1CC(C)(O)C1)CC2. The Morgan fingerprint density at radius 1 is 1.33 bits per heavy atom. The maximum Gasteiger partial charge on any atom is 0.0872 e. The molecule has 0 amide bonds. The van der Waals surface area contributed by atoms with Crippen molar-refractivity contribution >= 4 is 15.9 Å². The molecule has 1 aromatic carbocycles. The predicted molar refractivity (Wildman–Crippen MR) is 76.9 cm³/mol. The van der Waals surface area contributed by atoms with Gasteiger partial charge in [-0.1, -0.05) is 15.9 Å². The van der Waals surface area contributed by atoms with Crippen LogP contribution in [0, 0.1) is 13.8 Å². The summed E-state index contributed by atoms with van der Waals surface area (Å²) < 4.78 is 1.23. The quantitative estimate of drug-likeness (QED) is 0.861. The molecule has 3 heteroatoms. The van der Waals surface area contributed by atoms with Crippen molar-refractivity contribution in [3.8, 4) is 0 Å². The number of benzene rings is 1. The molecule has 0 bridgehead atoms. The summed E-state index contributed by atoms with van der Waals surface area (Å²) in [5.74, 6) is 0. The Balaban J connectivity index is 1.95. The van der Waals surface area contributed by atoms with E-state index in [-0.39, 0.29) is 0 Å². The van der Waals surface area contributed by atoms with E-state index < -0.39 is 5.60 Å². The van der Waals surface area contributed by atoms with Crippen molar-refractivity contribution in [2.24, 2.45) is 0 Å². The van der Waals surface area contributed by atoms with Crippen LogP contribution in [0.5, 0.6) is 0 Å². The Hall–Kier alpha value is -0.380. The van der Waals surface area contributed by atoms with Gasteiger partial charge in [0.1, 0.15) is 0 Å². The highest BCUT2D eigenvalue weighted by molar-refractivity contribution is 9.10. The number of aryl methyl sites for hydroxylation is 1. The molecule has 2 aliphatic rings. The molecule has 1 fully saturated rings. The van der Waals surface area contributed by atoms with Crippen LogP contribution in [0.1, 0.15) is 41.6 Å². The summed E-state index contributed by atoms with van der Waals surface area (Å²) in [6.07, 6.45) is 2.36. The fourth-order valence-corrected chi connectivity index (χ4v) is 4.06. The van der Waals surface area contributed by atoms with Crippen LogP contribution in [0.2, 0.25) is 0 Å². The van der Waals surface area contributed by atoms with Crippen molar-refractivity contribution in [2.45, 2.75) is 45.3 Å². The minimum atomic E-state index is -0.471. The van der Waals surface area contributed by atoms with Crippen molar-refractivity contribution in [3.63, 3.8) is 0 Å². The number of aliphatic hydroxyl groups is 1. The number of nitrogens with zero attached hydrogens (tertiary/aromatic N) is 1. The van der Waals surface area contributed by atoms with E-state index in [1.54, 1.807) is 0 Å². The highest BCUT2D eigenvalue weighted by Crippen LogP contribution is 2.43. The Bertz CT molecular complexity index is 502. The second-order valence-electron chi connectivity index (χ2n) is 6.14. The first-order valence-electron chi connectivity index (χ1n) is 6.64. The van der Waals surface area contributed by atoms with E-state index in [1.807, 2.05) is 6.92 Å². The number of fused-ring (bicyclic) bond motifs is 1. The molecule has 1 N–H and O–H groups in total. The van der Waals surface area contributed by atoms with Crippen LogP contribution >= 0.6 is 15.9 Å². The summed E-state index contributed by atoms with van der Waals surface area (Å²) in [7, 11) is 0. The molecule has 0 spiro atoms. The lowest BCUT2D eigenvalue weighted by molar-refractivity contribution is -0.103. The van der Waals surface area contributed by atoms with Crippen LogP contribution in [0.3, 0.4) is 0 Å². The number of halogens is 1. The lowest BCUT2D eigenvalue weighted by atomic mass is 9.90. The topological polar surface area (TPSA) is 23.5 Å². The van der Waals surface area contributed by atoms with Crippen LogP contribution in [-0.2, 0) is 6.42 Å². The van der Waals surface area contributed by atoms with Gasteiger partial charge in [0.05, 0.1) is 5.60 Å². The highest BCUT2D eigenvalue weighted by atomic mass is 79.9. The number of β-amino-alcohol motifs (C(OH)–C–C–N with tert-alkyl or cyclic N) is 1. The summed E-state index contributed by atoms with van der Waals surface area (Å²) >= 11 is 3.65. The van der Waals surface area contributed by atoms with Crippen LogP contribution in [-0.4, -0.2) is 28.7 Å². The molecule has 3 rings (SSSR count). The van der Waals surface area contributed by atoms with Gasteiger partial charge in [-0.15, -0.1) is 0 Å². The van der Waals surface area contributed by atoms with E-state index in [2.05, 4.69) is 40.7 Å². The van der Waals surface area contributed by atoms with Gasteiger partial charge in [-0.05, 0) is 61.9 Å². The fourth-order valence-electron chi connectivity index (χ4n) is 3.48. The minimum absolute atomic E-state index is 0.471. The van der Waals surface area contributed by atoms with Gasteiger partial charge >= 0.3 is 0 Å². The molecule has 1 unspecified atom stereocenters. The summed E-state index contributed by atoms with van der Waals surface area (Å²) in [6.45, 7) is 7.97. The van der Waals surface area contributed by atoms with Gasteiger partial charge < -0.3 is 5.11 Å². The Labute approximate surface area is 117 Å². The molecule has 18 heavy (non-hydrogen) atoms. The number of hydrogen-bond acceptors (Lipinski definition) is 2. The van der Waals surface area contributed by atoms with E-state index in [0.29, 0.717) is 6.04 Å². The monoisotopic (exact) mass is 309 g/mol. The normalized spacial score (nSPS) is 25.9. The molecule has 1 aliphatic heterocycles. The zero-order valence-corrected chi connectivity index (χ0v) is 12.8. The molecule has 1 aliphatic carbocycles. The third-order valence-corrected chi connectivity index (χ3v) is 5.34. The van der Waals surface area contributed by atoms with Gasteiger partial charge in [-0.2, -0.15) is 0 Å². The molecule has 1 aromatic rings. The summed E-state index contributed by atoms with van der Waals surface area (Å²) in [5, 5.41) is 9.91. The van der Waals surface area contributed by atoms with Crippen LogP contribution < -0.4 is 0 Å². The standard InChI is InChI=1S/C15H20BrNO/c1-9-10(2)14-11(6-12(9)16)4-5-13(14)17-7-15(3,18)8-17/h6,13,18H,4-5,7-8H2,1-3H3. The van der Waals surface area contributed by atoms with Crippen molar-refractivity contribution in [3.05, 3.63) is 32.8 Å². The third kappa shape index (κ3) is 1.84. The van der Waals surface area contributed by atoms with E-state index in [9.17, 15) is 5.11 Å². The molecular formula is C15H20BrNO. The zero-order valence-electron chi connectivity index (χ0n) is 11.3. The average Bonchev–Trinajstić information content (AvgIpc) is 2.66. The molecule has 2 nitrogen and oxygen atoms in total. The minimum Gasteiger partial charge on any atom is -0.388 e. The van der Waals surface area contributed by atoms with Gasteiger partial charge in [0.2, 0.25) is 0 Å². The van der Waals surface area contributed by atoms with Crippen molar-refractivity contribution in [1.82, 2.24) is 4.90 Å². The first-order chi connectivity index (χ1) is 8.39. The van der Waals surface area contributed by atoms with Gasteiger partial charge in [0, 0.05) is 23.6 Å². The fraction of sp³-hybridized carbons (Fsp3) is 0.600. The Kier molecular flexibility index (Phi) is 2.85. The van der Waals surface area contributed by atoms with Crippen LogP contribution in [0.4, 0.5) is 0 Å². The van der Waals surface area contributed by atoms with Crippen LogP contribution in [0.25, 0.3) is 0 Å². The molecular weight excluding hydrogens is 290 g/mol. The second kappa shape index (κ2) is 4.06. The predicted octanol–water partition coefficient (Wildman–Crippen LogP) is 3.12. The smallest absolute Gasteiger partial charge is 0.0872 e. The number of likely N-dealkylation sites (tertiary alicyclic amines) is 1. The van der Waals surface area contributed by atoms with E-state index in [0.717, 1.165) is 13.1 Å². The lowest BCUT2D eigenvalue weighted by Crippen LogP contribution is -2.60. The van der Waals surface area contributed by atoms with E-state index >= 15 is 0 Å². The first kappa shape index (κ1) is 12.6. The highest BCUT2D eigenvalue weighted by Gasteiger charge is 2.43. The van der Waals surface area contributed by atoms with Crippen molar-refractivity contribution < 1.29 is 5.11 Å². The maximum atomic E-state index is 9.91. The Morgan fingerprint density at radius 2 is 2.00 bits per heavy atom. The third-order valence-electron chi connectivity index (χ3n) is 4.52. The molecule has 0 radical (unpaired) electrons. The zero-order chi connectivity index (χ0) is 13.1. The summed E-state index contributed by atoms with van der Waals surface area (Å²) in [6, 6.07) is 2.81. The molecule has 1 saturated heterocycles. The second-order valence-corrected chi connectivity index (χ2v) is 6.99. The van der Waals surface area contributed by atoms with Crippen molar-refractivity contribution in [2.75, 3.05) is 13.1 Å².